The highest BCUT2D eigenvalue weighted by Crippen LogP contribution is 2.43. The van der Waals surface area contributed by atoms with Crippen molar-refractivity contribution in [3.63, 3.8) is 0 Å². The lowest BCUT2D eigenvalue weighted by molar-refractivity contribution is -0.139. The minimum absolute atomic E-state index is 0.167. The lowest BCUT2D eigenvalue weighted by Gasteiger charge is -2.34. The topological polar surface area (TPSA) is 80.2 Å². The fourth-order valence-corrected chi connectivity index (χ4v) is 4.89. The number of amidine groups is 1. The number of fused-ring (bicyclic) bond motifs is 1. The fraction of sp³-hybridized carbons (Fsp3) is 0.269. The molecular weight excluding hydrogens is 450 g/mol. The van der Waals surface area contributed by atoms with Crippen molar-refractivity contribution < 1.29 is 19.1 Å². The van der Waals surface area contributed by atoms with Crippen LogP contribution in [0.15, 0.2) is 70.3 Å². The second-order valence-electron chi connectivity index (χ2n) is 8.08. The molecule has 2 aromatic carbocycles. The van der Waals surface area contributed by atoms with Crippen LogP contribution in [0.1, 0.15) is 36.6 Å². The summed E-state index contributed by atoms with van der Waals surface area (Å²) in [4.78, 5) is 32.0. The molecule has 1 unspecified atom stereocenters. The molecule has 0 radical (unpaired) electrons. The molecule has 2 aliphatic heterocycles. The minimum Gasteiger partial charge on any atom is -0.483 e. The molecule has 176 valence electrons. The number of nitrogens with zero attached hydrogens (tertiary/aromatic N) is 2. The maximum Gasteiger partial charge on any atom is 0.338 e. The van der Waals surface area contributed by atoms with E-state index in [1.54, 1.807) is 13.0 Å². The summed E-state index contributed by atoms with van der Waals surface area (Å²) in [6, 6.07) is 12.8. The third kappa shape index (κ3) is 5.02. The van der Waals surface area contributed by atoms with E-state index < -0.39 is 12.0 Å². The molecule has 0 saturated heterocycles. The van der Waals surface area contributed by atoms with E-state index in [2.05, 4.69) is 10.3 Å². The molecule has 0 spiro atoms. The summed E-state index contributed by atoms with van der Waals surface area (Å²) >= 11 is 1.49. The molecule has 2 aliphatic rings. The van der Waals surface area contributed by atoms with Crippen molar-refractivity contribution in [1.82, 2.24) is 4.90 Å². The molecule has 8 heteroatoms. The number of aliphatic imine (C=N–C) groups is 1. The predicted molar refractivity (Wildman–Crippen MR) is 135 cm³/mol. The highest BCUT2D eigenvalue weighted by Gasteiger charge is 2.38. The summed E-state index contributed by atoms with van der Waals surface area (Å²) in [7, 11) is 0. The Labute approximate surface area is 203 Å². The Balaban J connectivity index is 1.59. The van der Waals surface area contributed by atoms with E-state index in [1.807, 2.05) is 73.7 Å². The summed E-state index contributed by atoms with van der Waals surface area (Å²) in [5.74, 6) is -0.163. The second kappa shape index (κ2) is 10.2. The van der Waals surface area contributed by atoms with Crippen LogP contribution in [-0.2, 0) is 14.3 Å². The van der Waals surface area contributed by atoms with Gasteiger partial charge in [0.05, 0.1) is 23.9 Å². The number of amides is 1. The SMILES string of the molecule is CCOC(=O)C1=C(C)N=C2SC=CN2C1c1ccccc1OCC(=O)Nc1cc(C)cc(C)c1. The molecule has 2 heterocycles. The molecule has 0 bridgehead atoms. The number of hydrogen-bond donors (Lipinski definition) is 1. The average molecular weight is 478 g/mol. The lowest BCUT2D eigenvalue weighted by atomic mass is 9.94. The molecule has 2 aromatic rings. The summed E-state index contributed by atoms with van der Waals surface area (Å²) in [5.41, 5.74) is 4.68. The highest BCUT2D eigenvalue weighted by atomic mass is 32.2. The zero-order valence-electron chi connectivity index (χ0n) is 19.6. The van der Waals surface area contributed by atoms with Crippen LogP contribution in [0.4, 0.5) is 5.69 Å². The van der Waals surface area contributed by atoms with Gasteiger partial charge in [0, 0.05) is 17.5 Å². The van der Waals surface area contributed by atoms with Gasteiger partial charge in [-0.05, 0) is 62.4 Å². The number of esters is 1. The Morgan fingerprint density at radius 3 is 2.59 bits per heavy atom. The van der Waals surface area contributed by atoms with Crippen molar-refractivity contribution in [2.45, 2.75) is 33.7 Å². The van der Waals surface area contributed by atoms with Crippen molar-refractivity contribution in [2.24, 2.45) is 4.99 Å². The van der Waals surface area contributed by atoms with Crippen LogP contribution in [0.3, 0.4) is 0 Å². The van der Waals surface area contributed by atoms with Crippen LogP contribution >= 0.6 is 11.8 Å². The van der Waals surface area contributed by atoms with Gasteiger partial charge in [0.25, 0.3) is 5.91 Å². The van der Waals surface area contributed by atoms with Crippen LogP contribution in [0.5, 0.6) is 5.75 Å². The van der Waals surface area contributed by atoms with E-state index in [1.165, 1.54) is 11.8 Å². The number of benzene rings is 2. The number of carbonyl (C=O) groups excluding carboxylic acids is 2. The molecule has 0 fully saturated rings. The van der Waals surface area contributed by atoms with Crippen LogP contribution < -0.4 is 10.1 Å². The van der Waals surface area contributed by atoms with Crippen molar-refractivity contribution in [3.8, 4) is 5.75 Å². The molecule has 0 aliphatic carbocycles. The number of carbonyl (C=O) groups is 2. The number of hydrogen-bond acceptors (Lipinski definition) is 7. The quantitative estimate of drug-likeness (QED) is 0.560. The number of para-hydroxylation sites is 1. The average Bonchev–Trinajstić information content (AvgIpc) is 3.24. The second-order valence-corrected chi connectivity index (χ2v) is 8.95. The first-order valence-electron chi connectivity index (χ1n) is 11.1. The van der Waals surface area contributed by atoms with E-state index in [4.69, 9.17) is 9.47 Å². The number of nitrogens with one attached hydrogen (secondary N) is 1. The van der Waals surface area contributed by atoms with E-state index in [9.17, 15) is 9.59 Å². The van der Waals surface area contributed by atoms with Crippen LogP contribution in [0, 0.1) is 13.8 Å². The highest BCUT2D eigenvalue weighted by molar-refractivity contribution is 8.16. The molecule has 1 amide bonds. The van der Waals surface area contributed by atoms with Gasteiger partial charge in [0.1, 0.15) is 5.75 Å². The number of ether oxygens (including phenoxy) is 2. The molecule has 0 aromatic heterocycles. The largest absolute Gasteiger partial charge is 0.483 e. The Kier molecular flexibility index (Phi) is 7.07. The first kappa shape index (κ1) is 23.6. The van der Waals surface area contributed by atoms with Crippen molar-refractivity contribution >= 4 is 34.5 Å². The zero-order chi connectivity index (χ0) is 24.2. The van der Waals surface area contributed by atoms with Gasteiger partial charge >= 0.3 is 5.97 Å². The predicted octanol–water partition coefficient (Wildman–Crippen LogP) is 5.09. The van der Waals surface area contributed by atoms with Crippen molar-refractivity contribution in [3.05, 3.63) is 82.0 Å². The maximum atomic E-state index is 12.9. The first-order valence-corrected chi connectivity index (χ1v) is 11.9. The molecule has 0 saturated carbocycles. The first-order chi connectivity index (χ1) is 16.4. The molecule has 7 nitrogen and oxygen atoms in total. The van der Waals surface area contributed by atoms with Gasteiger partial charge in [-0.25, -0.2) is 9.79 Å². The Morgan fingerprint density at radius 1 is 1.12 bits per heavy atom. The molecule has 1 N–H and O–H groups in total. The normalized spacial score (nSPS) is 16.8. The van der Waals surface area contributed by atoms with Gasteiger partial charge in [0.2, 0.25) is 0 Å². The monoisotopic (exact) mass is 477 g/mol. The standard InChI is InChI=1S/C26H27N3O4S/c1-5-32-25(31)23-18(4)27-26-29(10-11-34-26)24(23)20-8-6-7-9-21(20)33-15-22(30)28-19-13-16(2)12-17(3)14-19/h6-14,24H,5,15H2,1-4H3,(H,28,30). The zero-order valence-corrected chi connectivity index (χ0v) is 20.4. The van der Waals surface area contributed by atoms with Gasteiger partial charge in [0.15, 0.2) is 11.8 Å². The lowest BCUT2D eigenvalue weighted by Crippen LogP contribution is -2.34. The van der Waals surface area contributed by atoms with Crippen LogP contribution in [0.25, 0.3) is 0 Å². The van der Waals surface area contributed by atoms with E-state index in [-0.39, 0.29) is 19.1 Å². The molecule has 34 heavy (non-hydrogen) atoms. The third-order valence-electron chi connectivity index (χ3n) is 5.39. The van der Waals surface area contributed by atoms with Gasteiger partial charge in [-0.3, -0.25) is 4.79 Å². The minimum atomic E-state index is -0.475. The van der Waals surface area contributed by atoms with Crippen LogP contribution in [-0.4, -0.2) is 35.2 Å². The summed E-state index contributed by atoms with van der Waals surface area (Å²) in [5, 5.41) is 5.59. The smallest absolute Gasteiger partial charge is 0.338 e. The van der Waals surface area contributed by atoms with Crippen LogP contribution in [0.2, 0.25) is 0 Å². The van der Waals surface area contributed by atoms with Gasteiger partial charge in [-0.2, -0.15) is 0 Å². The maximum absolute atomic E-state index is 12.9. The Morgan fingerprint density at radius 2 is 1.85 bits per heavy atom. The van der Waals surface area contributed by atoms with Gasteiger partial charge < -0.3 is 19.7 Å². The van der Waals surface area contributed by atoms with E-state index in [0.717, 1.165) is 27.5 Å². The number of thioether (sulfide) groups is 1. The summed E-state index contributed by atoms with van der Waals surface area (Å²) in [6.07, 6.45) is 1.89. The number of aryl methyl sites for hydroxylation is 2. The van der Waals surface area contributed by atoms with Gasteiger partial charge in [-0.15, -0.1) is 0 Å². The third-order valence-corrected chi connectivity index (χ3v) is 6.16. The van der Waals surface area contributed by atoms with E-state index in [0.29, 0.717) is 17.0 Å². The van der Waals surface area contributed by atoms with Crippen molar-refractivity contribution in [2.75, 3.05) is 18.5 Å². The summed E-state index contributed by atoms with van der Waals surface area (Å²) in [6.45, 7) is 7.65. The molecule has 1 atom stereocenters. The number of rotatable bonds is 7. The van der Waals surface area contributed by atoms with Crippen molar-refractivity contribution in [1.29, 1.82) is 0 Å². The number of anilines is 1. The molecular formula is C26H27N3O4S. The van der Waals surface area contributed by atoms with Gasteiger partial charge in [-0.1, -0.05) is 36.0 Å². The fourth-order valence-electron chi connectivity index (χ4n) is 4.10. The Bertz CT molecular complexity index is 1200. The Hall–Kier alpha value is -3.52. The number of allylic oxidation sites excluding steroid dienone is 1. The molecule has 4 rings (SSSR count). The summed E-state index contributed by atoms with van der Waals surface area (Å²) < 4.78 is 11.3. The van der Waals surface area contributed by atoms with E-state index >= 15 is 0 Å².